The first-order valence-corrected chi connectivity index (χ1v) is 27.9. The predicted octanol–water partition coefficient (Wildman–Crippen LogP) is 16.0. The molecule has 0 radical (unpaired) electrons. The molecule has 1 amide bonds. The van der Waals surface area contributed by atoms with Crippen molar-refractivity contribution in [3.8, 4) is 0 Å². The minimum Gasteiger partial charge on any atom is -0.394 e. The van der Waals surface area contributed by atoms with Crippen molar-refractivity contribution in [1.82, 2.24) is 5.32 Å². The van der Waals surface area contributed by atoms with E-state index in [1.165, 1.54) is 205 Å². The van der Waals surface area contributed by atoms with Gasteiger partial charge in [-0.3, -0.25) is 4.79 Å². The van der Waals surface area contributed by atoms with Crippen LogP contribution in [0, 0.1) is 0 Å². The van der Waals surface area contributed by atoms with E-state index >= 15 is 0 Å². The molecular weight excluding hydrogens is 779 g/mol. The van der Waals surface area contributed by atoms with Crippen molar-refractivity contribution in [2.75, 3.05) is 6.61 Å². The molecule has 5 N–H and O–H groups in total. The van der Waals surface area contributed by atoms with E-state index in [2.05, 4.69) is 55.6 Å². The SMILES string of the molecule is CCCCCCCCCCC/C=C\C/C=C\CCCCCCCCC(O)C(=O)NC(CO)C(O)C(O)CCC/C=C/CCCCCCCCCCCCCCCCCCCCCC. The van der Waals surface area contributed by atoms with E-state index in [0.717, 1.165) is 57.8 Å². The zero-order valence-corrected chi connectivity index (χ0v) is 42.1. The van der Waals surface area contributed by atoms with Crippen molar-refractivity contribution < 1.29 is 25.2 Å². The second-order valence-corrected chi connectivity index (χ2v) is 19.3. The van der Waals surface area contributed by atoms with Crippen LogP contribution in [0.25, 0.3) is 0 Å². The summed E-state index contributed by atoms with van der Waals surface area (Å²) in [6, 6.07) is -1.01. The Labute approximate surface area is 392 Å². The lowest BCUT2D eigenvalue weighted by atomic mass is 10.00. The fraction of sp³-hybridized carbons (Fsp3) is 0.877. The highest BCUT2D eigenvalue weighted by molar-refractivity contribution is 5.80. The Morgan fingerprint density at radius 2 is 0.698 bits per heavy atom. The molecule has 4 atom stereocenters. The molecule has 0 aliphatic carbocycles. The fourth-order valence-corrected chi connectivity index (χ4v) is 8.67. The van der Waals surface area contributed by atoms with Gasteiger partial charge in [0.2, 0.25) is 5.91 Å². The number of unbranched alkanes of at least 4 members (excludes halogenated alkanes) is 36. The molecule has 6 nitrogen and oxygen atoms in total. The first-order valence-electron chi connectivity index (χ1n) is 27.9. The maximum absolute atomic E-state index is 12.6. The fourth-order valence-electron chi connectivity index (χ4n) is 8.67. The van der Waals surface area contributed by atoms with E-state index in [9.17, 15) is 25.2 Å². The number of carbonyl (C=O) groups excluding carboxylic acids is 1. The first-order chi connectivity index (χ1) is 31.0. The van der Waals surface area contributed by atoms with Gasteiger partial charge in [-0.15, -0.1) is 0 Å². The van der Waals surface area contributed by atoms with Gasteiger partial charge in [-0.05, 0) is 70.6 Å². The van der Waals surface area contributed by atoms with Crippen LogP contribution in [0.15, 0.2) is 36.5 Å². The van der Waals surface area contributed by atoms with Crippen LogP contribution < -0.4 is 5.32 Å². The molecule has 6 heteroatoms. The summed E-state index contributed by atoms with van der Waals surface area (Å²) in [6.45, 7) is 4.07. The molecule has 0 saturated carbocycles. The van der Waals surface area contributed by atoms with Crippen LogP contribution in [0.3, 0.4) is 0 Å². The lowest BCUT2D eigenvalue weighted by Gasteiger charge is -2.27. The van der Waals surface area contributed by atoms with E-state index in [0.29, 0.717) is 12.8 Å². The number of rotatable bonds is 51. The van der Waals surface area contributed by atoms with E-state index < -0.39 is 36.9 Å². The third-order valence-corrected chi connectivity index (χ3v) is 13.1. The zero-order chi connectivity index (χ0) is 45.9. The minimum atomic E-state index is -1.29. The standard InChI is InChI=1S/C57H109NO5/c1-3-5-7-9-11-13-15-17-19-21-23-25-27-28-29-31-32-34-36-38-40-42-44-46-48-50-54(60)56(62)53(52-59)58-57(63)55(61)51-49-47-45-43-41-39-37-35-33-30-26-24-22-20-18-16-14-12-10-8-6-4-2/h24,26,33,35,42,44,53-56,59-62H,3-23,25,27-32,34,36-41,43,45-52H2,1-2H3,(H,58,63)/b26-24-,35-33-,44-42+. The van der Waals surface area contributed by atoms with Crippen LogP contribution in [0.1, 0.15) is 290 Å². The average Bonchev–Trinajstić information content (AvgIpc) is 3.29. The molecule has 0 rings (SSSR count). The van der Waals surface area contributed by atoms with Gasteiger partial charge in [0.05, 0.1) is 18.8 Å². The highest BCUT2D eigenvalue weighted by Crippen LogP contribution is 2.17. The van der Waals surface area contributed by atoms with Crippen LogP contribution in [-0.2, 0) is 4.79 Å². The zero-order valence-electron chi connectivity index (χ0n) is 42.1. The lowest BCUT2D eigenvalue weighted by molar-refractivity contribution is -0.132. The highest BCUT2D eigenvalue weighted by atomic mass is 16.3. The van der Waals surface area contributed by atoms with E-state index in [4.69, 9.17) is 0 Å². The molecule has 0 saturated heterocycles. The summed E-state index contributed by atoms with van der Waals surface area (Å²) in [5.74, 6) is -0.599. The summed E-state index contributed by atoms with van der Waals surface area (Å²) in [5, 5.41) is 43.9. The monoisotopic (exact) mass is 888 g/mol. The van der Waals surface area contributed by atoms with Gasteiger partial charge < -0.3 is 25.7 Å². The maximum atomic E-state index is 12.6. The van der Waals surface area contributed by atoms with Gasteiger partial charge in [-0.2, -0.15) is 0 Å². The molecule has 0 aromatic heterocycles. The number of aliphatic hydroxyl groups excluding tert-OH is 4. The number of amides is 1. The second-order valence-electron chi connectivity index (χ2n) is 19.3. The molecule has 0 aromatic carbocycles. The minimum absolute atomic E-state index is 0.351. The smallest absolute Gasteiger partial charge is 0.249 e. The average molecular weight is 889 g/mol. The molecule has 0 heterocycles. The molecule has 0 bridgehead atoms. The van der Waals surface area contributed by atoms with Gasteiger partial charge in [-0.1, -0.05) is 256 Å². The van der Waals surface area contributed by atoms with E-state index in [-0.39, 0.29) is 0 Å². The Balaban J connectivity index is 3.69. The van der Waals surface area contributed by atoms with Gasteiger partial charge in [0.25, 0.3) is 0 Å². The predicted molar refractivity (Wildman–Crippen MR) is 274 cm³/mol. The third-order valence-electron chi connectivity index (χ3n) is 13.1. The van der Waals surface area contributed by atoms with Crippen LogP contribution in [0.2, 0.25) is 0 Å². The lowest BCUT2D eigenvalue weighted by Crippen LogP contribution is -2.53. The van der Waals surface area contributed by atoms with Crippen molar-refractivity contribution in [3.63, 3.8) is 0 Å². The van der Waals surface area contributed by atoms with Crippen molar-refractivity contribution in [2.24, 2.45) is 0 Å². The Hall–Kier alpha value is -1.47. The molecule has 0 aromatic rings. The van der Waals surface area contributed by atoms with Gasteiger partial charge in [0, 0.05) is 0 Å². The Morgan fingerprint density at radius 3 is 1.05 bits per heavy atom. The van der Waals surface area contributed by atoms with E-state index in [1.807, 2.05) is 0 Å². The van der Waals surface area contributed by atoms with Gasteiger partial charge in [0.1, 0.15) is 12.2 Å². The summed E-state index contributed by atoms with van der Waals surface area (Å²) >= 11 is 0. The molecule has 372 valence electrons. The molecule has 0 aliphatic rings. The van der Waals surface area contributed by atoms with E-state index in [1.54, 1.807) is 0 Å². The van der Waals surface area contributed by atoms with Crippen LogP contribution >= 0.6 is 0 Å². The van der Waals surface area contributed by atoms with Gasteiger partial charge in [0.15, 0.2) is 0 Å². The topological polar surface area (TPSA) is 110 Å². The summed E-state index contributed by atoms with van der Waals surface area (Å²) in [4.78, 5) is 12.6. The molecule has 0 fully saturated rings. The quantitative estimate of drug-likeness (QED) is 0.0309. The van der Waals surface area contributed by atoms with Crippen LogP contribution in [0.4, 0.5) is 0 Å². The number of nitrogens with one attached hydrogen (secondary N) is 1. The second kappa shape index (κ2) is 51.5. The Bertz CT molecular complexity index is 997. The molecule has 0 spiro atoms. The van der Waals surface area contributed by atoms with Gasteiger partial charge in [-0.25, -0.2) is 0 Å². The highest BCUT2D eigenvalue weighted by Gasteiger charge is 2.28. The molecular formula is C57H109NO5. The number of aliphatic hydroxyl groups is 4. The van der Waals surface area contributed by atoms with Crippen molar-refractivity contribution in [1.29, 1.82) is 0 Å². The largest absolute Gasteiger partial charge is 0.394 e. The van der Waals surface area contributed by atoms with Crippen molar-refractivity contribution in [2.45, 2.75) is 314 Å². The third kappa shape index (κ3) is 45.5. The van der Waals surface area contributed by atoms with Crippen LogP contribution in [0.5, 0.6) is 0 Å². The summed E-state index contributed by atoms with van der Waals surface area (Å²) in [5.41, 5.74) is 0. The number of hydrogen-bond acceptors (Lipinski definition) is 5. The summed E-state index contributed by atoms with van der Waals surface area (Å²) in [7, 11) is 0. The van der Waals surface area contributed by atoms with Gasteiger partial charge >= 0.3 is 0 Å². The normalized spacial score (nSPS) is 14.1. The van der Waals surface area contributed by atoms with Crippen molar-refractivity contribution in [3.05, 3.63) is 36.5 Å². The Kier molecular flexibility index (Phi) is 50.3. The molecule has 0 aliphatic heterocycles. The molecule has 4 unspecified atom stereocenters. The maximum Gasteiger partial charge on any atom is 0.249 e. The number of hydrogen-bond donors (Lipinski definition) is 5. The number of carbonyl (C=O) groups is 1. The van der Waals surface area contributed by atoms with Crippen LogP contribution in [-0.4, -0.2) is 57.3 Å². The summed E-state index contributed by atoms with van der Waals surface area (Å²) < 4.78 is 0. The summed E-state index contributed by atoms with van der Waals surface area (Å²) in [6.07, 6.45) is 63.5. The number of allylic oxidation sites excluding steroid dienone is 6. The Morgan fingerprint density at radius 1 is 0.397 bits per heavy atom. The van der Waals surface area contributed by atoms with Crippen molar-refractivity contribution >= 4 is 5.91 Å². The first kappa shape index (κ1) is 61.5. The molecule has 63 heavy (non-hydrogen) atoms.